The molecule has 1 rings (SSSR count). The predicted molar refractivity (Wildman–Crippen MR) is 63.4 cm³/mol. The molecule has 0 aliphatic heterocycles. The van der Waals surface area contributed by atoms with Crippen molar-refractivity contribution in [2.45, 2.75) is 18.9 Å². The molecule has 0 saturated carbocycles. The summed E-state index contributed by atoms with van der Waals surface area (Å²) in [6, 6.07) is 1.49. The molecule has 3 nitrogen and oxygen atoms in total. The van der Waals surface area contributed by atoms with Gasteiger partial charge in [0.1, 0.15) is 16.8 Å². The van der Waals surface area contributed by atoms with Crippen LogP contribution in [-0.2, 0) is 6.42 Å². The minimum absolute atomic E-state index is 0.0719. The van der Waals surface area contributed by atoms with Gasteiger partial charge in [-0.3, -0.25) is 0 Å². The monoisotopic (exact) mass is 285 g/mol. The van der Waals surface area contributed by atoms with Gasteiger partial charge in [0.05, 0.1) is 0 Å². The van der Waals surface area contributed by atoms with Gasteiger partial charge in [0.2, 0.25) is 0 Å². The maximum atomic E-state index is 11.9. The summed E-state index contributed by atoms with van der Waals surface area (Å²) in [5.74, 6) is 0.931. The molecule has 1 aromatic heterocycles. The zero-order valence-electron chi connectivity index (χ0n) is 9.01. The maximum absolute atomic E-state index is 11.9. The highest BCUT2D eigenvalue weighted by Crippen LogP contribution is 2.29. The van der Waals surface area contributed by atoms with Gasteiger partial charge in [-0.15, -0.1) is 0 Å². The van der Waals surface area contributed by atoms with Crippen LogP contribution in [0, 0.1) is 0 Å². The number of thioether (sulfide) groups is 1. The van der Waals surface area contributed by atoms with Crippen molar-refractivity contribution in [3.05, 3.63) is 17.0 Å². The Kier molecular flexibility index (Phi) is 5.32. The lowest BCUT2D eigenvalue weighted by molar-refractivity contribution is -0.0327. The molecule has 0 amide bonds. The molecule has 0 radical (unpaired) electrons. The number of alkyl halides is 3. The van der Waals surface area contributed by atoms with Crippen LogP contribution in [0.5, 0.6) is 0 Å². The van der Waals surface area contributed by atoms with Crippen molar-refractivity contribution in [3.8, 4) is 0 Å². The molecular formula is C9H11ClF3N3S. The Hall–Kier alpha value is -0.690. The number of rotatable bonds is 5. The summed E-state index contributed by atoms with van der Waals surface area (Å²) in [4.78, 5) is 8.04. The van der Waals surface area contributed by atoms with Crippen LogP contribution in [-0.4, -0.2) is 27.8 Å². The molecule has 1 heterocycles. The summed E-state index contributed by atoms with van der Waals surface area (Å²) in [6.07, 6.45) is 0.618. The van der Waals surface area contributed by atoms with E-state index >= 15 is 0 Å². The summed E-state index contributed by atoms with van der Waals surface area (Å²) in [6.45, 7) is 2.04. The van der Waals surface area contributed by atoms with Gasteiger partial charge in [-0.1, -0.05) is 18.5 Å². The third-order valence-electron chi connectivity index (χ3n) is 1.73. The van der Waals surface area contributed by atoms with Crippen LogP contribution in [0.1, 0.15) is 12.7 Å². The molecule has 0 bridgehead atoms. The van der Waals surface area contributed by atoms with E-state index in [-0.39, 0.29) is 29.2 Å². The lowest BCUT2D eigenvalue weighted by Crippen LogP contribution is -2.11. The van der Waals surface area contributed by atoms with Gasteiger partial charge in [-0.25, -0.2) is 9.97 Å². The van der Waals surface area contributed by atoms with Crippen LogP contribution >= 0.6 is 23.4 Å². The average Bonchev–Trinajstić information content (AvgIpc) is 2.22. The van der Waals surface area contributed by atoms with E-state index in [4.69, 9.17) is 11.6 Å². The normalized spacial score (nSPS) is 11.6. The van der Waals surface area contributed by atoms with Gasteiger partial charge in [0.25, 0.3) is 0 Å². The Morgan fingerprint density at radius 2 is 2.12 bits per heavy atom. The number of anilines is 1. The molecule has 1 N–H and O–H groups in total. The van der Waals surface area contributed by atoms with Crippen LogP contribution in [0.15, 0.2) is 6.07 Å². The molecule has 0 aromatic carbocycles. The zero-order valence-corrected chi connectivity index (χ0v) is 10.6. The van der Waals surface area contributed by atoms with E-state index in [0.29, 0.717) is 18.1 Å². The smallest absolute Gasteiger partial charge is 0.369 e. The molecule has 0 aliphatic rings. The van der Waals surface area contributed by atoms with Crippen molar-refractivity contribution in [1.82, 2.24) is 9.97 Å². The zero-order chi connectivity index (χ0) is 12.9. The first-order valence-electron chi connectivity index (χ1n) is 4.88. The standard InChI is InChI=1S/C9H11ClF3N3S/c1-2-7-15-6(10)5-8(16-7)14-3-4-17-9(11,12)13/h5H,2-4H2,1H3,(H,14,15,16). The van der Waals surface area contributed by atoms with Crippen LogP contribution in [0.25, 0.3) is 0 Å². The van der Waals surface area contributed by atoms with E-state index in [0.717, 1.165) is 0 Å². The van der Waals surface area contributed by atoms with Crippen molar-refractivity contribution in [2.24, 2.45) is 0 Å². The minimum Gasteiger partial charge on any atom is -0.369 e. The van der Waals surface area contributed by atoms with Crippen LogP contribution in [0.2, 0.25) is 5.15 Å². The first-order chi connectivity index (χ1) is 7.90. The second-order valence-electron chi connectivity index (χ2n) is 3.07. The van der Waals surface area contributed by atoms with E-state index in [1.165, 1.54) is 6.07 Å². The van der Waals surface area contributed by atoms with E-state index in [2.05, 4.69) is 15.3 Å². The molecule has 0 atom stereocenters. The molecule has 8 heteroatoms. The van der Waals surface area contributed by atoms with E-state index in [1.807, 2.05) is 6.92 Å². The maximum Gasteiger partial charge on any atom is 0.441 e. The van der Waals surface area contributed by atoms with Gasteiger partial charge in [-0.05, 0) is 11.8 Å². The highest BCUT2D eigenvalue weighted by atomic mass is 35.5. The summed E-state index contributed by atoms with van der Waals surface area (Å²) < 4.78 is 35.6. The number of nitrogens with one attached hydrogen (secondary N) is 1. The third kappa shape index (κ3) is 5.97. The molecule has 96 valence electrons. The van der Waals surface area contributed by atoms with Gasteiger partial charge in [-0.2, -0.15) is 13.2 Å². The van der Waals surface area contributed by atoms with E-state index < -0.39 is 5.51 Å². The predicted octanol–water partition coefficient (Wildman–Crippen LogP) is 3.36. The number of hydrogen-bond donors (Lipinski definition) is 1. The van der Waals surface area contributed by atoms with Crippen LogP contribution in [0.3, 0.4) is 0 Å². The van der Waals surface area contributed by atoms with Crippen molar-refractivity contribution < 1.29 is 13.2 Å². The summed E-state index contributed by atoms with van der Waals surface area (Å²) in [5.41, 5.74) is -4.19. The molecule has 1 aromatic rings. The quantitative estimate of drug-likeness (QED) is 0.665. The highest BCUT2D eigenvalue weighted by Gasteiger charge is 2.27. The molecule has 0 unspecified atom stereocenters. The number of hydrogen-bond acceptors (Lipinski definition) is 4. The topological polar surface area (TPSA) is 37.8 Å². The Balaban J connectivity index is 2.44. The molecule has 0 saturated heterocycles. The fourth-order valence-corrected chi connectivity index (χ4v) is 1.70. The largest absolute Gasteiger partial charge is 0.441 e. The lowest BCUT2D eigenvalue weighted by Gasteiger charge is -2.08. The third-order valence-corrected chi connectivity index (χ3v) is 2.66. The van der Waals surface area contributed by atoms with Gasteiger partial charge < -0.3 is 5.32 Å². The van der Waals surface area contributed by atoms with E-state index in [1.54, 1.807) is 0 Å². The molecule has 0 fully saturated rings. The first kappa shape index (κ1) is 14.4. The SMILES string of the molecule is CCc1nc(Cl)cc(NCCSC(F)(F)F)n1. The van der Waals surface area contributed by atoms with Crippen LogP contribution in [0.4, 0.5) is 19.0 Å². The van der Waals surface area contributed by atoms with Gasteiger partial charge in [0, 0.05) is 24.8 Å². The fraction of sp³-hybridized carbons (Fsp3) is 0.556. The number of halogens is 4. The van der Waals surface area contributed by atoms with Crippen molar-refractivity contribution in [3.63, 3.8) is 0 Å². The van der Waals surface area contributed by atoms with Crippen molar-refractivity contribution >= 4 is 29.2 Å². The van der Waals surface area contributed by atoms with Crippen LogP contribution < -0.4 is 5.32 Å². The van der Waals surface area contributed by atoms with Gasteiger partial charge in [0.15, 0.2) is 0 Å². The minimum atomic E-state index is -4.19. The molecule has 0 spiro atoms. The Labute approximate surface area is 106 Å². The Bertz CT molecular complexity index is 373. The van der Waals surface area contributed by atoms with Crippen molar-refractivity contribution in [1.29, 1.82) is 0 Å². The molecular weight excluding hydrogens is 275 g/mol. The Morgan fingerprint density at radius 1 is 1.41 bits per heavy atom. The van der Waals surface area contributed by atoms with E-state index in [9.17, 15) is 13.2 Å². The summed E-state index contributed by atoms with van der Waals surface area (Å²) in [7, 11) is 0. The number of aromatic nitrogens is 2. The first-order valence-corrected chi connectivity index (χ1v) is 6.25. The molecule has 0 aliphatic carbocycles. The highest BCUT2D eigenvalue weighted by molar-refractivity contribution is 8.00. The van der Waals surface area contributed by atoms with Gasteiger partial charge >= 0.3 is 5.51 Å². The summed E-state index contributed by atoms with van der Waals surface area (Å²) >= 11 is 5.67. The number of aryl methyl sites for hydroxylation is 1. The lowest BCUT2D eigenvalue weighted by atomic mass is 10.4. The number of nitrogens with zero attached hydrogens (tertiary/aromatic N) is 2. The average molecular weight is 286 g/mol. The Morgan fingerprint density at radius 3 is 2.71 bits per heavy atom. The second-order valence-corrected chi connectivity index (χ2v) is 4.61. The fourth-order valence-electron chi connectivity index (χ4n) is 1.06. The summed E-state index contributed by atoms with van der Waals surface area (Å²) in [5, 5.41) is 3.06. The second kappa shape index (κ2) is 6.30. The van der Waals surface area contributed by atoms with Crippen molar-refractivity contribution in [2.75, 3.05) is 17.6 Å². The molecule has 17 heavy (non-hydrogen) atoms.